The standard InChI is InChI=1S/C13H15F3O/c1-8-7-9(13(14,15)16)3-4-10(8)11(17)12(2)5-6-12/h3-4,7,11,17H,5-6H2,1-2H3. The number of rotatable bonds is 2. The van der Waals surface area contributed by atoms with Crippen LogP contribution in [0.25, 0.3) is 0 Å². The van der Waals surface area contributed by atoms with Crippen molar-refractivity contribution in [1.82, 2.24) is 0 Å². The highest BCUT2D eigenvalue weighted by Crippen LogP contribution is 2.54. The van der Waals surface area contributed by atoms with Crippen molar-refractivity contribution in [2.24, 2.45) is 5.41 Å². The number of alkyl halides is 3. The first kappa shape index (κ1) is 12.4. The molecule has 0 heterocycles. The van der Waals surface area contributed by atoms with E-state index in [1.54, 1.807) is 6.92 Å². The molecular formula is C13H15F3O. The van der Waals surface area contributed by atoms with Crippen molar-refractivity contribution < 1.29 is 18.3 Å². The summed E-state index contributed by atoms with van der Waals surface area (Å²) in [4.78, 5) is 0. The maximum absolute atomic E-state index is 12.5. The fourth-order valence-corrected chi connectivity index (χ4v) is 2.00. The van der Waals surface area contributed by atoms with Gasteiger partial charge in [-0.15, -0.1) is 0 Å². The van der Waals surface area contributed by atoms with Gasteiger partial charge in [0.2, 0.25) is 0 Å². The van der Waals surface area contributed by atoms with Crippen LogP contribution in [0.3, 0.4) is 0 Å². The van der Waals surface area contributed by atoms with E-state index in [0.717, 1.165) is 25.0 Å². The average molecular weight is 244 g/mol. The molecule has 0 amide bonds. The Morgan fingerprint density at radius 3 is 2.29 bits per heavy atom. The molecule has 1 N–H and O–H groups in total. The Morgan fingerprint density at radius 1 is 1.29 bits per heavy atom. The van der Waals surface area contributed by atoms with E-state index in [-0.39, 0.29) is 5.41 Å². The van der Waals surface area contributed by atoms with Gasteiger partial charge in [0.05, 0.1) is 11.7 Å². The van der Waals surface area contributed by atoms with Gasteiger partial charge in [-0.3, -0.25) is 0 Å². The molecule has 0 spiro atoms. The fourth-order valence-electron chi connectivity index (χ4n) is 2.00. The van der Waals surface area contributed by atoms with Crippen LogP contribution in [-0.4, -0.2) is 5.11 Å². The van der Waals surface area contributed by atoms with Crippen LogP contribution in [0.2, 0.25) is 0 Å². The molecule has 0 radical (unpaired) electrons. The second-order valence-electron chi connectivity index (χ2n) is 5.13. The van der Waals surface area contributed by atoms with E-state index >= 15 is 0 Å². The molecule has 1 aliphatic carbocycles. The van der Waals surface area contributed by atoms with Gasteiger partial charge in [-0.2, -0.15) is 13.2 Å². The Morgan fingerprint density at radius 2 is 1.88 bits per heavy atom. The number of aliphatic hydroxyl groups is 1. The zero-order valence-corrected chi connectivity index (χ0v) is 9.80. The molecule has 2 rings (SSSR count). The van der Waals surface area contributed by atoms with E-state index in [1.165, 1.54) is 6.07 Å². The number of hydrogen-bond acceptors (Lipinski definition) is 1. The first-order valence-electron chi connectivity index (χ1n) is 5.60. The lowest BCUT2D eigenvalue weighted by molar-refractivity contribution is -0.137. The Bertz CT molecular complexity index is 433. The smallest absolute Gasteiger partial charge is 0.388 e. The summed E-state index contributed by atoms with van der Waals surface area (Å²) in [6.45, 7) is 3.56. The lowest BCUT2D eigenvalue weighted by Gasteiger charge is -2.20. The van der Waals surface area contributed by atoms with Crippen molar-refractivity contribution in [2.45, 2.75) is 39.0 Å². The van der Waals surface area contributed by atoms with E-state index in [4.69, 9.17) is 0 Å². The van der Waals surface area contributed by atoms with Gasteiger partial charge in [0.25, 0.3) is 0 Å². The molecule has 1 nitrogen and oxygen atoms in total. The molecule has 1 atom stereocenters. The van der Waals surface area contributed by atoms with E-state index < -0.39 is 17.8 Å². The minimum absolute atomic E-state index is 0.148. The summed E-state index contributed by atoms with van der Waals surface area (Å²) in [6.07, 6.45) is -3.13. The molecule has 1 aromatic carbocycles. The van der Waals surface area contributed by atoms with Crippen molar-refractivity contribution >= 4 is 0 Å². The summed E-state index contributed by atoms with van der Waals surface area (Å²) >= 11 is 0. The van der Waals surface area contributed by atoms with Crippen LogP contribution in [-0.2, 0) is 6.18 Å². The third-order valence-corrected chi connectivity index (χ3v) is 3.59. The summed E-state index contributed by atoms with van der Waals surface area (Å²) in [6, 6.07) is 3.54. The van der Waals surface area contributed by atoms with Gasteiger partial charge in [-0.05, 0) is 48.4 Å². The third kappa shape index (κ3) is 2.32. The Labute approximate surface area is 98.3 Å². The first-order valence-corrected chi connectivity index (χ1v) is 5.60. The number of benzene rings is 1. The number of halogens is 3. The van der Waals surface area contributed by atoms with Gasteiger partial charge >= 0.3 is 6.18 Å². The zero-order valence-electron chi connectivity index (χ0n) is 9.80. The van der Waals surface area contributed by atoms with Gasteiger partial charge in [-0.1, -0.05) is 13.0 Å². The predicted octanol–water partition coefficient (Wildman–Crippen LogP) is 3.85. The summed E-state index contributed by atoms with van der Waals surface area (Å²) in [5.41, 5.74) is 0.301. The molecule has 94 valence electrons. The lowest BCUT2D eigenvalue weighted by Crippen LogP contribution is -2.12. The summed E-state index contributed by atoms with van der Waals surface area (Å²) in [7, 11) is 0. The highest BCUT2D eigenvalue weighted by molar-refractivity contribution is 5.35. The van der Waals surface area contributed by atoms with Gasteiger partial charge in [-0.25, -0.2) is 0 Å². The van der Waals surface area contributed by atoms with E-state index in [0.29, 0.717) is 11.1 Å². The van der Waals surface area contributed by atoms with Crippen LogP contribution in [0.15, 0.2) is 18.2 Å². The molecule has 0 aromatic heterocycles. The monoisotopic (exact) mass is 244 g/mol. The van der Waals surface area contributed by atoms with Crippen LogP contribution in [0.5, 0.6) is 0 Å². The Hall–Kier alpha value is -1.03. The van der Waals surface area contributed by atoms with Crippen molar-refractivity contribution in [3.63, 3.8) is 0 Å². The normalized spacial score (nSPS) is 20.1. The van der Waals surface area contributed by atoms with Crippen LogP contribution in [0, 0.1) is 12.3 Å². The largest absolute Gasteiger partial charge is 0.416 e. The van der Waals surface area contributed by atoms with Crippen molar-refractivity contribution in [3.05, 3.63) is 34.9 Å². The SMILES string of the molecule is Cc1cc(C(F)(F)F)ccc1C(O)C1(C)CC1. The van der Waals surface area contributed by atoms with E-state index in [2.05, 4.69) is 0 Å². The van der Waals surface area contributed by atoms with Crippen LogP contribution in [0.4, 0.5) is 13.2 Å². The quantitative estimate of drug-likeness (QED) is 0.837. The average Bonchev–Trinajstić information content (AvgIpc) is 2.95. The highest BCUT2D eigenvalue weighted by Gasteiger charge is 2.45. The first-order chi connectivity index (χ1) is 7.74. The molecule has 1 aromatic rings. The van der Waals surface area contributed by atoms with Crippen LogP contribution in [0.1, 0.15) is 42.6 Å². The molecule has 17 heavy (non-hydrogen) atoms. The predicted molar refractivity (Wildman–Crippen MR) is 58.5 cm³/mol. The van der Waals surface area contributed by atoms with Gasteiger partial charge < -0.3 is 5.11 Å². The molecule has 1 saturated carbocycles. The maximum Gasteiger partial charge on any atom is 0.416 e. The van der Waals surface area contributed by atoms with Crippen molar-refractivity contribution in [3.8, 4) is 0 Å². The minimum Gasteiger partial charge on any atom is -0.388 e. The van der Waals surface area contributed by atoms with Crippen LogP contribution >= 0.6 is 0 Å². The van der Waals surface area contributed by atoms with Gasteiger partial charge in [0, 0.05) is 0 Å². The number of hydrogen-bond donors (Lipinski definition) is 1. The summed E-state index contributed by atoms with van der Waals surface area (Å²) in [5.74, 6) is 0. The van der Waals surface area contributed by atoms with E-state index in [9.17, 15) is 18.3 Å². The van der Waals surface area contributed by atoms with E-state index in [1.807, 2.05) is 6.92 Å². The minimum atomic E-state index is -4.32. The van der Waals surface area contributed by atoms with Crippen molar-refractivity contribution in [2.75, 3.05) is 0 Å². The maximum atomic E-state index is 12.5. The van der Waals surface area contributed by atoms with Crippen LogP contribution < -0.4 is 0 Å². The number of aryl methyl sites for hydroxylation is 1. The molecule has 0 bridgehead atoms. The van der Waals surface area contributed by atoms with Gasteiger partial charge in [0.15, 0.2) is 0 Å². The fraction of sp³-hybridized carbons (Fsp3) is 0.538. The second kappa shape index (κ2) is 3.73. The topological polar surface area (TPSA) is 20.2 Å². The summed E-state index contributed by atoms with van der Waals surface area (Å²) < 4.78 is 37.5. The Balaban J connectivity index is 2.32. The highest BCUT2D eigenvalue weighted by atomic mass is 19.4. The van der Waals surface area contributed by atoms with Crippen molar-refractivity contribution in [1.29, 1.82) is 0 Å². The molecule has 0 saturated heterocycles. The molecule has 1 unspecified atom stereocenters. The second-order valence-corrected chi connectivity index (χ2v) is 5.13. The molecule has 4 heteroatoms. The zero-order chi connectivity index (χ0) is 12.8. The molecule has 1 fully saturated rings. The molecular weight excluding hydrogens is 229 g/mol. The number of aliphatic hydroxyl groups excluding tert-OH is 1. The lowest BCUT2D eigenvalue weighted by atomic mass is 9.91. The third-order valence-electron chi connectivity index (χ3n) is 3.59. The van der Waals surface area contributed by atoms with Gasteiger partial charge in [0.1, 0.15) is 0 Å². The Kier molecular flexibility index (Phi) is 2.73. The molecule has 0 aliphatic heterocycles. The summed E-state index contributed by atoms with van der Waals surface area (Å²) in [5, 5.41) is 10.1. The molecule has 1 aliphatic rings.